The lowest BCUT2D eigenvalue weighted by atomic mass is 9.94. The first-order chi connectivity index (χ1) is 27.0. The number of thiazole rings is 1. The number of nitrogens with zero attached hydrogens (tertiary/aromatic N) is 4. The van der Waals surface area contributed by atoms with Gasteiger partial charge in [-0.05, 0) is 125 Å². The Labute approximate surface area is 332 Å². The van der Waals surface area contributed by atoms with Crippen molar-refractivity contribution in [1.29, 1.82) is 0 Å². The number of fused-ring (bicyclic) bond motifs is 2. The lowest BCUT2D eigenvalue weighted by Crippen LogP contribution is -2.33. The van der Waals surface area contributed by atoms with Crippen LogP contribution in [0, 0.1) is 12.8 Å². The Balaban J connectivity index is 1.10. The Kier molecular flexibility index (Phi) is 11.7. The smallest absolute Gasteiger partial charge is 0.358 e. The van der Waals surface area contributed by atoms with Crippen molar-refractivity contribution >= 4 is 50.3 Å². The molecule has 3 aromatic carbocycles. The minimum Gasteiger partial charge on any atom is -0.493 e. The van der Waals surface area contributed by atoms with Crippen LogP contribution in [-0.2, 0) is 27.2 Å². The molecule has 11 nitrogen and oxygen atoms in total. The number of hydrogen-bond acceptors (Lipinski definition) is 11. The summed E-state index contributed by atoms with van der Waals surface area (Å²) in [6.07, 6.45) is 2.60. The second kappa shape index (κ2) is 16.8. The molecule has 0 bridgehead atoms. The van der Waals surface area contributed by atoms with Gasteiger partial charge in [-0.3, -0.25) is 19.8 Å². The van der Waals surface area contributed by atoms with Crippen LogP contribution in [0.3, 0.4) is 0 Å². The van der Waals surface area contributed by atoms with Gasteiger partial charge in [-0.2, -0.15) is 0 Å². The Hall–Kier alpha value is -5.33. The molecule has 0 spiro atoms. The van der Waals surface area contributed by atoms with Crippen molar-refractivity contribution in [3.63, 3.8) is 0 Å². The SMILES string of the molecule is CCOC(=O)CN1CC[C@@H](CCOc2cccc(-c3ccc(N4CCc5cccc(C(=O)Nc6nc7ccccc7s6)c5C4)nc3C(=O)OC(C)(C)C)c2C)C1. The number of carbonyl (C=O) groups is 3. The molecule has 56 heavy (non-hydrogen) atoms. The maximum Gasteiger partial charge on any atom is 0.358 e. The number of hydrogen-bond donors (Lipinski definition) is 1. The molecule has 0 unspecified atom stereocenters. The van der Waals surface area contributed by atoms with Crippen molar-refractivity contribution < 1.29 is 28.6 Å². The van der Waals surface area contributed by atoms with Gasteiger partial charge in [0.1, 0.15) is 17.2 Å². The third kappa shape index (κ3) is 9.03. The number of benzene rings is 3. The fourth-order valence-electron chi connectivity index (χ4n) is 7.48. The number of likely N-dealkylation sites (tertiary alicyclic amines) is 1. The molecule has 1 amide bonds. The summed E-state index contributed by atoms with van der Waals surface area (Å²) in [5, 5.41) is 3.57. The molecule has 2 aromatic heterocycles. The Morgan fingerprint density at radius 2 is 1.77 bits per heavy atom. The van der Waals surface area contributed by atoms with E-state index in [2.05, 4.69) is 26.2 Å². The molecule has 0 aliphatic carbocycles. The highest BCUT2D eigenvalue weighted by molar-refractivity contribution is 7.22. The second-order valence-corrected chi connectivity index (χ2v) is 16.4. The van der Waals surface area contributed by atoms with Crippen LogP contribution in [0.4, 0.5) is 10.9 Å². The quantitative estimate of drug-likeness (QED) is 0.125. The van der Waals surface area contributed by atoms with E-state index in [-0.39, 0.29) is 17.6 Å². The number of anilines is 2. The highest BCUT2D eigenvalue weighted by Gasteiger charge is 2.28. The van der Waals surface area contributed by atoms with Crippen molar-refractivity contribution in [2.75, 3.05) is 49.6 Å². The number of esters is 2. The van der Waals surface area contributed by atoms with Crippen molar-refractivity contribution in [2.45, 2.75) is 66.0 Å². The molecule has 2 aliphatic rings. The average Bonchev–Trinajstić information content (AvgIpc) is 3.80. The summed E-state index contributed by atoms with van der Waals surface area (Å²) in [5.74, 6) is 0.906. The zero-order valence-corrected chi connectivity index (χ0v) is 33.5. The van der Waals surface area contributed by atoms with Crippen LogP contribution in [0.1, 0.15) is 78.1 Å². The van der Waals surface area contributed by atoms with E-state index in [0.29, 0.717) is 67.3 Å². The number of aromatic nitrogens is 2. The normalized spacial score (nSPS) is 15.7. The van der Waals surface area contributed by atoms with E-state index in [1.807, 2.05) is 101 Å². The standard InChI is InChI=1S/C44H49N5O6S/c1-6-53-39(50)27-48-22-19-29(25-48)21-24-54-36-15-10-12-31(28(36)2)32-17-18-38(46-40(32)42(52)55-44(3,4)5)49-23-20-30-11-9-13-33(34(30)26-49)41(51)47-43-45-35-14-7-8-16-37(35)56-43/h7-18,29H,6,19-27H2,1-5H3,(H,45,47,51)/t29-/m0/s1. The topological polar surface area (TPSA) is 123 Å². The first kappa shape index (κ1) is 38.9. The minimum absolute atomic E-state index is 0.179. The van der Waals surface area contributed by atoms with Gasteiger partial charge in [0.15, 0.2) is 10.8 Å². The van der Waals surface area contributed by atoms with E-state index in [9.17, 15) is 14.4 Å². The predicted octanol–water partition coefficient (Wildman–Crippen LogP) is 8.09. The summed E-state index contributed by atoms with van der Waals surface area (Å²) < 4.78 is 18.4. The number of carbonyl (C=O) groups excluding carboxylic acids is 3. The van der Waals surface area contributed by atoms with Gasteiger partial charge in [0, 0.05) is 30.8 Å². The number of ether oxygens (including phenoxy) is 3. The van der Waals surface area contributed by atoms with Gasteiger partial charge in [-0.25, -0.2) is 14.8 Å². The lowest BCUT2D eigenvalue weighted by Gasteiger charge is -2.31. The number of pyridine rings is 1. The first-order valence-corrected chi connectivity index (χ1v) is 20.1. The van der Waals surface area contributed by atoms with Crippen LogP contribution in [0.15, 0.2) is 72.8 Å². The fourth-order valence-corrected chi connectivity index (χ4v) is 8.34. The van der Waals surface area contributed by atoms with Gasteiger partial charge >= 0.3 is 11.9 Å². The zero-order valence-electron chi connectivity index (χ0n) is 32.7. The first-order valence-electron chi connectivity index (χ1n) is 19.3. The third-order valence-corrected chi connectivity index (χ3v) is 11.2. The van der Waals surface area contributed by atoms with Crippen molar-refractivity contribution in [2.24, 2.45) is 5.92 Å². The van der Waals surface area contributed by atoms with Crippen LogP contribution in [0.25, 0.3) is 21.3 Å². The Bertz CT molecular complexity index is 2210. The molecule has 1 saturated heterocycles. The molecular weight excluding hydrogens is 727 g/mol. The summed E-state index contributed by atoms with van der Waals surface area (Å²) in [6.45, 7) is 13.4. The Morgan fingerprint density at radius 3 is 2.57 bits per heavy atom. The molecule has 2 aliphatic heterocycles. The highest BCUT2D eigenvalue weighted by Crippen LogP contribution is 2.36. The van der Waals surface area contributed by atoms with Crippen LogP contribution < -0.4 is 15.0 Å². The molecule has 1 N–H and O–H groups in total. The molecule has 1 fully saturated rings. The molecule has 0 radical (unpaired) electrons. The van der Waals surface area contributed by atoms with Crippen molar-refractivity contribution in [3.05, 3.63) is 101 Å². The summed E-state index contributed by atoms with van der Waals surface area (Å²) >= 11 is 1.45. The minimum atomic E-state index is -0.728. The average molecular weight is 776 g/mol. The zero-order chi connectivity index (χ0) is 39.4. The molecule has 12 heteroatoms. The number of rotatable bonds is 12. The van der Waals surface area contributed by atoms with Crippen LogP contribution in [0.2, 0.25) is 0 Å². The van der Waals surface area contributed by atoms with Gasteiger partial charge < -0.3 is 19.1 Å². The molecule has 5 aromatic rings. The van der Waals surface area contributed by atoms with Gasteiger partial charge in [-0.15, -0.1) is 0 Å². The summed E-state index contributed by atoms with van der Waals surface area (Å²) in [5.41, 5.74) is 5.35. The second-order valence-electron chi connectivity index (χ2n) is 15.4. The Morgan fingerprint density at radius 1 is 0.946 bits per heavy atom. The maximum absolute atomic E-state index is 13.9. The van der Waals surface area contributed by atoms with E-state index in [1.54, 1.807) is 0 Å². The predicted molar refractivity (Wildman–Crippen MR) is 220 cm³/mol. The molecule has 0 saturated carbocycles. The van der Waals surface area contributed by atoms with E-state index < -0.39 is 11.6 Å². The highest BCUT2D eigenvalue weighted by atomic mass is 32.1. The summed E-state index contributed by atoms with van der Waals surface area (Å²) in [7, 11) is 0. The number of amides is 1. The lowest BCUT2D eigenvalue weighted by molar-refractivity contribution is -0.144. The van der Waals surface area contributed by atoms with Crippen molar-refractivity contribution in [3.8, 4) is 16.9 Å². The van der Waals surface area contributed by atoms with Gasteiger partial charge in [0.05, 0.1) is 30.0 Å². The monoisotopic (exact) mass is 775 g/mol. The van der Waals surface area contributed by atoms with E-state index >= 15 is 0 Å². The van der Waals surface area contributed by atoms with Gasteiger partial charge in [-0.1, -0.05) is 47.7 Å². The maximum atomic E-state index is 13.9. The number of nitrogens with one attached hydrogen (secondary N) is 1. The molecule has 1 atom stereocenters. The molecule has 7 rings (SSSR count). The van der Waals surface area contributed by atoms with Gasteiger partial charge in [0.25, 0.3) is 5.91 Å². The van der Waals surface area contributed by atoms with Crippen LogP contribution in [0.5, 0.6) is 5.75 Å². The third-order valence-electron chi connectivity index (χ3n) is 10.2. The molecule has 292 valence electrons. The van der Waals surface area contributed by atoms with Crippen LogP contribution in [-0.4, -0.2) is 77.7 Å². The van der Waals surface area contributed by atoms with E-state index in [4.69, 9.17) is 19.2 Å². The van der Waals surface area contributed by atoms with E-state index in [1.165, 1.54) is 11.3 Å². The molecular formula is C44H49N5O6S. The van der Waals surface area contributed by atoms with Crippen molar-refractivity contribution in [1.82, 2.24) is 14.9 Å². The van der Waals surface area contributed by atoms with Gasteiger partial charge in [0.2, 0.25) is 0 Å². The molecule has 4 heterocycles. The fraction of sp³-hybridized carbons (Fsp3) is 0.386. The summed E-state index contributed by atoms with van der Waals surface area (Å²) in [4.78, 5) is 53.3. The van der Waals surface area contributed by atoms with Crippen LogP contribution >= 0.6 is 11.3 Å². The van der Waals surface area contributed by atoms with E-state index in [0.717, 1.165) is 64.2 Å². The number of para-hydroxylation sites is 1. The summed E-state index contributed by atoms with van der Waals surface area (Å²) in [6, 6.07) is 23.4. The largest absolute Gasteiger partial charge is 0.493 e.